The van der Waals surface area contributed by atoms with Gasteiger partial charge in [-0.1, -0.05) is 12.1 Å². The molecule has 2 rings (SSSR count). The van der Waals surface area contributed by atoms with E-state index in [1.165, 1.54) is 4.90 Å². The Labute approximate surface area is 130 Å². The number of aryl methyl sites for hydroxylation is 1. The summed E-state index contributed by atoms with van der Waals surface area (Å²) in [6, 6.07) is 5.05. The van der Waals surface area contributed by atoms with E-state index in [0.717, 1.165) is 16.9 Å². The predicted molar refractivity (Wildman–Crippen MR) is 81.5 cm³/mol. The number of nitrogens with zero attached hydrogens (tertiary/aromatic N) is 1. The van der Waals surface area contributed by atoms with Gasteiger partial charge >= 0.3 is 0 Å². The van der Waals surface area contributed by atoms with Crippen LogP contribution in [0.2, 0.25) is 0 Å². The highest BCUT2D eigenvalue weighted by Gasteiger charge is 2.38. The first kappa shape index (κ1) is 16.3. The number of carbonyl (C=O) groups excluding carboxylic acids is 2. The fraction of sp³-hybridized carbons (Fsp3) is 0.500. The summed E-state index contributed by atoms with van der Waals surface area (Å²) in [5.74, 6) is 0.122. The summed E-state index contributed by atoms with van der Waals surface area (Å²) in [6.45, 7) is 2.34. The number of carbonyl (C=O) groups is 2. The first-order valence-corrected chi connectivity index (χ1v) is 7.21. The van der Waals surface area contributed by atoms with Crippen molar-refractivity contribution < 1.29 is 19.1 Å². The molecular formula is C16H22N2O4. The first-order valence-electron chi connectivity index (χ1n) is 7.21. The van der Waals surface area contributed by atoms with Crippen LogP contribution in [0.1, 0.15) is 17.5 Å². The molecule has 0 unspecified atom stereocenters. The van der Waals surface area contributed by atoms with Crippen LogP contribution >= 0.6 is 0 Å². The van der Waals surface area contributed by atoms with Gasteiger partial charge < -0.3 is 20.1 Å². The molecule has 0 radical (unpaired) electrons. The molecule has 1 aliphatic rings. The number of primary amides is 1. The normalized spacial score (nSPS) is 21.0. The van der Waals surface area contributed by atoms with Gasteiger partial charge in [-0.2, -0.15) is 0 Å². The van der Waals surface area contributed by atoms with E-state index in [1.54, 1.807) is 14.2 Å². The van der Waals surface area contributed by atoms with E-state index >= 15 is 0 Å². The van der Waals surface area contributed by atoms with Crippen LogP contribution in [-0.4, -0.2) is 49.6 Å². The summed E-state index contributed by atoms with van der Waals surface area (Å²) < 4.78 is 10.5. The van der Waals surface area contributed by atoms with Crippen molar-refractivity contribution in [1.29, 1.82) is 0 Å². The molecule has 2 atom stereocenters. The van der Waals surface area contributed by atoms with E-state index in [2.05, 4.69) is 0 Å². The number of benzene rings is 1. The number of hydrogen-bond acceptors (Lipinski definition) is 4. The summed E-state index contributed by atoms with van der Waals surface area (Å²) in [6.07, 6.45) is 0.514. The number of nitrogens with two attached hydrogens (primary N) is 1. The summed E-state index contributed by atoms with van der Waals surface area (Å²) >= 11 is 0. The van der Waals surface area contributed by atoms with E-state index in [-0.39, 0.29) is 18.4 Å². The van der Waals surface area contributed by atoms with E-state index in [4.69, 9.17) is 15.2 Å². The van der Waals surface area contributed by atoms with Crippen LogP contribution in [0.5, 0.6) is 5.75 Å². The summed E-state index contributed by atoms with van der Waals surface area (Å²) in [5.41, 5.74) is 7.25. The van der Waals surface area contributed by atoms with Crippen molar-refractivity contribution in [2.75, 3.05) is 20.8 Å². The fourth-order valence-electron chi connectivity index (χ4n) is 2.76. The lowest BCUT2D eigenvalue weighted by molar-refractivity contribution is -0.136. The minimum atomic E-state index is -0.593. The molecule has 6 nitrogen and oxygen atoms in total. The molecule has 1 saturated heterocycles. The lowest BCUT2D eigenvalue weighted by atomic mass is 10.1. The summed E-state index contributed by atoms with van der Waals surface area (Å²) in [4.78, 5) is 25.5. The minimum absolute atomic E-state index is 0.130. The van der Waals surface area contributed by atoms with Crippen molar-refractivity contribution in [1.82, 2.24) is 4.90 Å². The van der Waals surface area contributed by atoms with Gasteiger partial charge in [-0.05, 0) is 24.1 Å². The Balaban J connectivity index is 2.12. The standard InChI is InChI=1S/C16H22N2O4/c1-10-4-5-11(6-14(10)22-3)7-15(19)18-9-12(21-2)8-13(18)16(17)20/h4-6,12-13H,7-9H2,1-3H3,(H2,17,20)/t12-,13-/m0/s1. The van der Waals surface area contributed by atoms with Crippen molar-refractivity contribution in [3.05, 3.63) is 29.3 Å². The van der Waals surface area contributed by atoms with Crippen molar-refractivity contribution in [3.8, 4) is 5.75 Å². The third-order valence-electron chi connectivity index (χ3n) is 4.07. The van der Waals surface area contributed by atoms with Crippen LogP contribution in [0.15, 0.2) is 18.2 Å². The Hall–Kier alpha value is -2.08. The summed E-state index contributed by atoms with van der Waals surface area (Å²) in [7, 11) is 3.17. The molecule has 1 aliphatic heterocycles. The van der Waals surface area contributed by atoms with Gasteiger partial charge in [0.05, 0.1) is 19.6 Å². The fourth-order valence-corrected chi connectivity index (χ4v) is 2.76. The molecule has 0 saturated carbocycles. The predicted octanol–water partition coefficient (Wildman–Crippen LogP) is 0.647. The second kappa shape index (κ2) is 6.79. The third-order valence-corrected chi connectivity index (χ3v) is 4.07. The lowest BCUT2D eigenvalue weighted by Crippen LogP contribution is -2.44. The van der Waals surface area contributed by atoms with Crippen molar-refractivity contribution in [2.24, 2.45) is 5.73 Å². The molecule has 2 N–H and O–H groups in total. The van der Waals surface area contributed by atoms with Gasteiger partial charge in [0, 0.05) is 20.1 Å². The number of hydrogen-bond donors (Lipinski definition) is 1. The maximum atomic E-state index is 12.5. The van der Waals surface area contributed by atoms with Crippen molar-refractivity contribution in [3.63, 3.8) is 0 Å². The molecule has 1 fully saturated rings. The SMILES string of the molecule is COc1cc(CC(=O)N2C[C@@H](OC)C[C@H]2C(N)=O)ccc1C. The molecule has 0 aromatic heterocycles. The molecule has 6 heteroatoms. The number of rotatable bonds is 5. The van der Waals surface area contributed by atoms with Crippen LogP contribution in [0.25, 0.3) is 0 Å². The van der Waals surface area contributed by atoms with Gasteiger partial charge in [-0.3, -0.25) is 9.59 Å². The Kier molecular flexibility index (Phi) is 5.03. The maximum Gasteiger partial charge on any atom is 0.240 e. The molecule has 1 aromatic carbocycles. The van der Waals surface area contributed by atoms with E-state index < -0.39 is 11.9 Å². The average Bonchev–Trinajstić information content (AvgIpc) is 2.94. The van der Waals surface area contributed by atoms with Gasteiger partial charge in [0.1, 0.15) is 11.8 Å². The zero-order valence-electron chi connectivity index (χ0n) is 13.2. The molecule has 2 amide bonds. The molecule has 0 bridgehead atoms. The minimum Gasteiger partial charge on any atom is -0.496 e. The van der Waals surface area contributed by atoms with Crippen molar-refractivity contribution >= 4 is 11.8 Å². The molecule has 1 aromatic rings. The second-order valence-electron chi connectivity index (χ2n) is 5.54. The molecule has 0 aliphatic carbocycles. The zero-order valence-corrected chi connectivity index (χ0v) is 13.2. The molecule has 22 heavy (non-hydrogen) atoms. The van der Waals surface area contributed by atoms with Crippen molar-refractivity contribution in [2.45, 2.75) is 31.9 Å². The topological polar surface area (TPSA) is 81.9 Å². The third kappa shape index (κ3) is 3.39. The quantitative estimate of drug-likeness (QED) is 0.866. The lowest BCUT2D eigenvalue weighted by Gasteiger charge is -2.22. The highest BCUT2D eigenvalue weighted by atomic mass is 16.5. The van der Waals surface area contributed by atoms with Gasteiger partial charge in [0.15, 0.2) is 0 Å². The number of amides is 2. The Morgan fingerprint density at radius 2 is 2.09 bits per heavy atom. The number of ether oxygens (including phenoxy) is 2. The highest BCUT2D eigenvalue weighted by Crippen LogP contribution is 2.23. The van der Waals surface area contributed by atoms with Gasteiger partial charge in [0.25, 0.3) is 0 Å². The number of likely N-dealkylation sites (tertiary alicyclic amines) is 1. The maximum absolute atomic E-state index is 12.5. The van der Waals surface area contributed by atoms with E-state index in [0.29, 0.717) is 13.0 Å². The van der Waals surface area contributed by atoms with Crippen LogP contribution in [0.3, 0.4) is 0 Å². The van der Waals surface area contributed by atoms with Crippen LogP contribution in [-0.2, 0) is 20.7 Å². The van der Waals surface area contributed by atoms with Gasteiger partial charge in [-0.15, -0.1) is 0 Å². The second-order valence-corrected chi connectivity index (χ2v) is 5.54. The Morgan fingerprint density at radius 1 is 1.36 bits per heavy atom. The molecule has 120 valence electrons. The summed E-state index contributed by atoms with van der Waals surface area (Å²) in [5, 5.41) is 0. The molecule has 1 heterocycles. The van der Waals surface area contributed by atoms with Crippen LogP contribution in [0.4, 0.5) is 0 Å². The first-order chi connectivity index (χ1) is 10.5. The monoisotopic (exact) mass is 306 g/mol. The van der Waals surface area contributed by atoms with E-state index in [9.17, 15) is 9.59 Å². The van der Waals surface area contributed by atoms with Gasteiger partial charge in [0.2, 0.25) is 11.8 Å². The van der Waals surface area contributed by atoms with Crippen LogP contribution < -0.4 is 10.5 Å². The smallest absolute Gasteiger partial charge is 0.240 e. The van der Waals surface area contributed by atoms with Gasteiger partial charge in [-0.25, -0.2) is 0 Å². The average molecular weight is 306 g/mol. The van der Waals surface area contributed by atoms with Crippen LogP contribution in [0, 0.1) is 6.92 Å². The zero-order chi connectivity index (χ0) is 16.3. The Morgan fingerprint density at radius 3 is 2.68 bits per heavy atom. The Bertz CT molecular complexity index is 573. The van der Waals surface area contributed by atoms with E-state index in [1.807, 2.05) is 25.1 Å². The largest absolute Gasteiger partial charge is 0.496 e. The number of methoxy groups -OCH3 is 2. The highest BCUT2D eigenvalue weighted by molar-refractivity contribution is 5.88. The molecular weight excluding hydrogens is 284 g/mol. The molecule has 0 spiro atoms.